The summed E-state index contributed by atoms with van der Waals surface area (Å²) < 4.78 is 41.5. The Morgan fingerprint density at radius 3 is 2.24 bits per heavy atom. The summed E-state index contributed by atoms with van der Waals surface area (Å²) in [5.41, 5.74) is 3.04. The molecule has 1 atom stereocenters. The number of carbonyl (C=O) groups is 2. The molecular weight excluding hydrogens is 505 g/mol. The van der Waals surface area contributed by atoms with E-state index >= 15 is 0 Å². The second-order valence-electron chi connectivity index (χ2n) is 9.27. The minimum Gasteiger partial charge on any atom is -0.355 e. The van der Waals surface area contributed by atoms with Gasteiger partial charge in [0.15, 0.2) is 0 Å². The molecule has 0 aliphatic carbocycles. The van der Waals surface area contributed by atoms with Gasteiger partial charge in [0.25, 0.3) is 0 Å². The number of amides is 2. The standard InChI is InChI=1S/C29H34FN3O4S/c1-5-31-29(35)27(18-23-11-7-6-8-12-23)32(19-24-13-9-10-14-25(24)30)28(34)20-33(38(4,36)37)26-16-15-21(2)17-22(26)3/h6-17,27H,5,18-20H2,1-4H3,(H,31,35)/t27-/m1/s1. The molecule has 0 bridgehead atoms. The Hall–Kier alpha value is -3.72. The lowest BCUT2D eigenvalue weighted by Crippen LogP contribution is -2.53. The molecule has 0 heterocycles. The number of benzene rings is 3. The lowest BCUT2D eigenvalue weighted by atomic mass is 10.0. The zero-order valence-electron chi connectivity index (χ0n) is 22.1. The Morgan fingerprint density at radius 2 is 1.63 bits per heavy atom. The van der Waals surface area contributed by atoms with Gasteiger partial charge in [-0.2, -0.15) is 0 Å². The van der Waals surface area contributed by atoms with E-state index in [-0.39, 0.29) is 18.5 Å². The lowest BCUT2D eigenvalue weighted by Gasteiger charge is -2.33. The van der Waals surface area contributed by atoms with E-state index in [4.69, 9.17) is 0 Å². The van der Waals surface area contributed by atoms with Gasteiger partial charge in [-0.25, -0.2) is 12.8 Å². The molecule has 0 fully saturated rings. The van der Waals surface area contributed by atoms with Crippen LogP contribution in [0.4, 0.5) is 10.1 Å². The van der Waals surface area contributed by atoms with Crippen LogP contribution in [0.15, 0.2) is 72.8 Å². The van der Waals surface area contributed by atoms with Crippen LogP contribution in [0.25, 0.3) is 0 Å². The number of anilines is 1. The van der Waals surface area contributed by atoms with E-state index in [1.165, 1.54) is 11.0 Å². The van der Waals surface area contributed by atoms with Crippen LogP contribution in [0.5, 0.6) is 0 Å². The van der Waals surface area contributed by atoms with Crippen LogP contribution in [0.3, 0.4) is 0 Å². The molecule has 2 amide bonds. The van der Waals surface area contributed by atoms with Crippen molar-refractivity contribution in [2.75, 3.05) is 23.7 Å². The monoisotopic (exact) mass is 539 g/mol. The molecule has 0 unspecified atom stereocenters. The smallest absolute Gasteiger partial charge is 0.244 e. The average molecular weight is 540 g/mol. The van der Waals surface area contributed by atoms with Crippen LogP contribution in [0, 0.1) is 19.7 Å². The predicted octanol–water partition coefficient (Wildman–Crippen LogP) is 3.98. The molecule has 0 aliphatic heterocycles. The van der Waals surface area contributed by atoms with Crippen molar-refractivity contribution in [3.63, 3.8) is 0 Å². The third-order valence-electron chi connectivity index (χ3n) is 6.22. The summed E-state index contributed by atoms with van der Waals surface area (Å²) in [7, 11) is -3.87. The fraction of sp³-hybridized carbons (Fsp3) is 0.310. The molecule has 3 aromatic rings. The zero-order valence-corrected chi connectivity index (χ0v) is 23.0. The number of halogens is 1. The van der Waals surface area contributed by atoms with Gasteiger partial charge in [0.1, 0.15) is 18.4 Å². The van der Waals surface area contributed by atoms with Crippen molar-refractivity contribution < 1.29 is 22.4 Å². The van der Waals surface area contributed by atoms with Gasteiger partial charge in [-0.3, -0.25) is 13.9 Å². The molecule has 0 saturated carbocycles. The normalized spacial score (nSPS) is 12.0. The highest BCUT2D eigenvalue weighted by Crippen LogP contribution is 2.25. The Labute approximate surface area is 224 Å². The van der Waals surface area contributed by atoms with Crippen molar-refractivity contribution in [1.82, 2.24) is 10.2 Å². The highest BCUT2D eigenvalue weighted by atomic mass is 32.2. The highest BCUT2D eigenvalue weighted by molar-refractivity contribution is 7.92. The van der Waals surface area contributed by atoms with Crippen molar-refractivity contribution >= 4 is 27.5 Å². The summed E-state index contributed by atoms with van der Waals surface area (Å²) in [6, 6.07) is 19.5. The summed E-state index contributed by atoms with van der Waals surface area (Å²) in [5.74, 6) is -1.54. The molecule has 38 heavy (non-hydrogen) atoms. The summed E-state index contributed by atoms with van der Waals surface area (Å²) in [5, 5.41) is 2.77. The maximum atomic E-state index is 14.7. The number of hydrogen-bond donors (Lipinski definition) is 1. The third-order valence-corrected chi connectivity index (χ3v) is 7.35. The van der Waals surface area contributed by atoms with Gasteiger partial charge >= 0.3 is 0 Å². The number of nitrogens with zero attached hydrogens (tertiary/aromatic N) is 2. The first-order chi connectivity index (χ1) is 18.0. The van der Waals surface area contributed by atoms with Crippen LogP contribution in [-0.4, -0.2) is 50.5 Å². The summed E-state index contributed by atoms with van der Waals surface area (Å²) in [4.78, 5) is 28.5. The van der Waals surface area contributed by atoms with Crippen molar-refractivity contribution in [2.24, 2.45) is 0 Å². The Kier molecular flexibility index (Phi) is 9.63. The maximum absolute atomic E-state index is 14.7. The average Bonchev–Trinajstić information content (AvgIpc) is 2.86. The molecule has 202 valence electrons. The van der Waals surface area contributed by atoms with E-state index in [0.29, 0.717) is 17.8 Å². The Morgan fingerprint density at radius 1 is 0.974 bits per heavy atom. The topological polar surface area (TPSA) is 86.8 Å². The van der Waals surface area contributed by atoms with Crippen molar-refractivity contribution in [2.45, 2.75) is 39.8 Å². The molecule has 0 aromatic heterocycles. The van der Waals surface area contributed by atoms with Crippen LogP contribution in [0.2, 0.25) is 0 Å². The highest BCUT2D eigenvalue weighted by Gasteiger charge is 2.33. The minimum atomic E-state index is -3.87. The number of sulfonamides is 1. The van der Waals surface area contributed by atoms with Gasteiger partial charge in [-0.05, 0) is 44.0 Å². The molecule has 0 radical (unpaired) electrons. The molecular formula is C29H34FN3O4S. The third kappa shape index (κ3) is 7.41. The van der Waals surface area contributed by atoms with Gasteiger partial charge in [0, 0.05) is 25.1 Å². The summed E-state index contributed by atoms with van der Waals surface area (Å²) in [6.45, 7) is 5.03. The molecule has 0 spiro atoms. The fourth-order valence-corrected chi connectivity index (χ4v) is 5.24. The fourth-order valence-electron chi connectivity index (χ4n) is 4.34. The first-order valence-electron chi connectivity index (χ1n) is 12.4. The van der Waals surface area contributed by atoms with Crippen LogP contribution < -0.4 is 9.62 Å². The van der Waals surface area contributed by atoms with Crippen LogP contribution in [0.1, 0.15) is 29.2 Å². The summed E-state index contributed by atoms with van der Waals surface area (Å²) >= 11 is 0. The molecule has 3 rings (SSSR count). The number of aryl methyl sites for hydroxylation is 2. The Balaban J connectivity index is 2.07. The van der Waals surface area contributed by atoms with E-state index in [1.807, 2.05) is 43.3 Å². The van der Waals surface area contributed by atoms with Gasteiger partial charge < -0.3 is 10.2 Å². The SMILES string of the molecule is CCNC(=O)[C@@H](Cc1ccccc1)N(Cc1ccccc1F)C(=O)CN(c1ccc(C)cc1C)S(C)(=O)=O. The molecule has 3 aromatic carbocycles. The number of hydrogen-bond acceptors (Lipinski definition) is 4. The van der Waals surface area contributed by atoms with Crippen molar-refractivity contribution in [1.29, 1.82) is 0 Å². The van der Waals surface area contributed by atoms with Gasteiger partial charge in [-0.15, -0.1) is 0 Å². The summed E-state index contributed by atoms with van der Waals surface area (Å²) in [6.07, 6.45) is 1.21. The lowest BCUT2D eigenvalue weighted by molar-refractivity contribution is -0.140. The molecule has 0 saturated heterocycles. The van der Waals surface area contributed by atoms with E-state index in [0.717, 1.165) is 21.7 Å². The largest absolute Gasteiger partial charge is 0.355 e. The Bertz CT molecular complexity index is 1380. The second kappa shape index (κ2) is 12.7. The number of carbonyl (C=O) groups excluding carboxylic acids is 2. The number of nitrogens with one attached hydrogen (secondary N) is 1. The maximum Gasteiger partial charge on any atom is 0.244 e. The zero-order chi connectivity index (χ0) is 27.9. The first kappa shape index (κ1) is 28.8. The van der Waals surface area contributed by atoms with E-state index < -0.39 is 40.2 Å². The molecule has 9 heteroatoms. The molecule has 1 N–H and O–H groups in total. The predicted molar refractivity (Wildman–Crippen MR) is 148 cm³/mol. The molecule has 7 nitrogen and oxygen atoms in total. The van der Waals surface area contributed by atoms with Gasteiger partial charge in [-0.1, -0.05) is 66.2 Å². The number of rotatable bonds is 11. The van der Waals surface area contributed by atoms with E-state index in [9.17, 15) is 22.4 Å². The quantitative estimate of drug-likeness (QED) is 0.399. The minimum absolute atomic E-state index is 0.176. The van der Waals surface area contributed by atoms with Crippen molar-refractivity contribution in [3.8, 4) is 0 Å². The second-order valence-corrected chi connectivity index (χ2v) is 11.2. The number of likely N-dealkylation sites (N-methyl/N-ethyl adjacent to an activating group) is 1. The van der Waals surface area contributed by atoms with E-state index in [2.05, 4.69) is 5.32 Å². The van der Waals surface area contributed by atoms with Crippen molar-refractivity contribution in [3.05, 3.63) is 101 Å². The van der Waals surface area contributed by atoms with Crippen LogP contribution >= 0.6 is 0 Å². The first-order valence-corrected chi connectivity index (χ1v) is 14.3. The van der Waals surface area contributed by atoms with Gasteiger partial charge in [0.2, 0.25) is 21.8 Å². The van der Waals surface area contributed by atoms with Gasteiger partial charge in [0.05, 0.1) is 11.9 Å². The molecule has 0 aliphatic rings. The van der Waals surface area contributed by atoms with Crippen LogP contribution in [-0.2, 0) is 32.6 Å². The van der Waals surface area contributed by atoms with E-state index in [1.54, 1.807) is 44.2 Å².